The molecule has 104 valence electrons. The monoisotopic (exact) mass is 260 g/mol. The van der Waals surface area contributed by atoms with Gasteiger partial charge in [-0.15, -0.1) is 5.10 Å². The number of piperidine rings is 1. The van der Waals surface area contributed by atoms with Crippen LogP contribution >= 0.6 is 0 Å². The summed E-state index contributed by atoms with van der Waals surface area (Å²) >= 11 is 0. The lowest BCUT2D eigenvalue weighted by atomic mass is 9.84. The molecule has 0 amide bonds. The first-order chi connectivity index (χ1) is 9.12. The number of hydrogen-bond acceptors (Lipinski definition) is 4. The van der Waals surface area contributed by atoms with Crippen molar-refractivity contribution in [1.29, 1.82) is 0 Å². The smallest absolute Gasteiger partial charge is 0.151 e. The van der Waals surface area contributed by atoms with Crippen molar-refractivity contribution in [2.45, 2.75) is 52.1 Å². The van der Waals surface area contributed by atoms with Crippen LogP contribution in [0.2, 0.25) is 0 Å². The lowest BCUT2D eigenvalue weighted by Gasteiger charge is -2.38. The first kappa shape index (κ1) is 12.9. The van der Waals surface area contributed by atoms with E-state index in [1.807, 2.05) is 0 Å². The molecule has 1 aliphatic heterocycles. The quantitative estimate of drug-likeness (QED) is 0.902. The molecule has 2 fully saturated rings. The van der Waals surface area contributed by atoms with Crippen LogP contribution in [0.25, 0.3) is 0 Å². The number of anilines is 1. The predicted molar refractivity (Wildman–Crippen MR) is 77.1 cm³/mol. The summed E-state index contributed by atoms with van der Waals surface area (Å²) in [5, 5.41) is 12.2. The van der Waals surface area contributed by atoms with E-state index in [-0.39, 0.29) is 0 Å². The van der Waals surface area contributed by atoms with Gasteiger partial charge in [0.15, 0.2) is 5.82 Å². The molecule has 0 radical (unpaired) electrons. The molecular weight excluding hydrogens is 236 g/mol. The van der Waals surface area contributed by atoms with Crippen LogP contribution in [0.3, 0.4) is 0 Å². The lowest BCUT2D eigenvalue weighted by molar-refractivity contribution is 0.291. The Morgan fingerprint density at radius 3 is 2.79 bits per heavy atom. The molecule has 2 aliphatic rings. The van der Waals surface area contributed by atoms with E-state index in [1.165, 1.54) is 25.7 Å². The number of rotatable bonds is 4. The van der Waals surface area contributed by atoms with Crippen LogP contribution in [0.4, 0.5) is 5.82 Å². The molecule has 0 spiro atoms. The van der Waals surface area contributed by atoms with Gasteiger partial charge in [0.1, 0.15) is 0 Å². The molecule has 19 heavy (non-hydrogen) atoms. The van der Waals surface area contributed by atoms with Crippen molar-refractivity contribution in [2.75, 3.05) is 18.0 Å². The Hall–Kier alpha value is -1.16. The SMILES string of the molecule is CC1(C)CCCN(c2ccc(CNC3CC3)nn2)C1. The van der Waals surface area contributed by atoms with Crippen molar-refractivity contribution < 1.29 is 0 Å². The van der Waals surface area contributed by atoms with E-state index in [1.54, 1.807) is 0 Å². The number of nitrogens with zero attached hydrogens (tertiary/aromatic N) is 3. The van der Waals surface area contributed by atoms with E-state index in [4.69, 9.17) is 0 Å². The third kappa shape index (κ3) is 3.44. The zero-order chi connectivity index (χ0) is 13.3. The summed E-state index contributed by atoms with van der Waals surface area (Å²) in [6.45, 7) is 7.71. The summed E-state index contributed by atoms with van der Waals surface area (Å²) in [6, 6.07) is 4.96. The molecular formula is C15H24N4. The Balaban J connectivity index is 1.61. The van der Waals surface area contributed by atoms with Gasteiger partial charge in [-0.2, -0.15) is 5.10 Å². The first-order valence-corrected chi connectivity index (χ1v) is 7.43. The van der Waals surface area contributed by atoms with Crippen LogP contribution in [0.1, 0.15) is 45.2 Å². The van der Waals surface area contributed by atoms with Gasteiger partial charge in [0, 0.05) is 25.7 Å². The number of nitrogens with one attached hydrogen (secondary N) is 1. The maximum Gasteiger partial charge on any atom is 0.151 e. The van der Waals surface area contributed by atoms with Crippen LogP contribution in [-0.4, -0.2) is 29.3 Å². The molecule has 0 bridgehead atoms. The maximum atomic E-state index is 4.40. The second-order valence-electron chi connectivity index (χ2n) is 6.73. The second kappa shape index (κ2) is 5.08. The summed E-state index contributed by atoms with van der Waals surface area (Å²) in [6.07, 6.45) is 5.18. The summed E-state index contributed by atoms with van der Waals surface area (Å²) in [4.78, 5) is 2.37. The molecule has 1 saturated carbocycles. The number of aromatic nitrogens is 2. The molecule has 1 N–H and O–H groups in total. The number of hydrogen-bond donors (Lipinski definition) is 1. The van der Waals surface area contributed by atoms with Crippen molar-refractivity contribution in [2.24, 2.45) is 5.41 Å². The Morgan fingerprint density at radius 2 is 2.16 bits per heavy atom. The molecule has 1 aromatic rings. The fraction of sp³-hybridized carbons (Fsp3) is 0.733. The molecule has 0 atom stereocenters. The van der Waals surface area contributed by atoms with Gasteiger partial charge in [-0.05, 0) is 43.2 Å². The Bertz CT molecular complexity index is 422. The van der Waals surface area contributed by atoms with Crippen LogP contribution in [0.15, 0.2) is 12.1 Å². The van der Waals surface area contributed by atoms with Crippen LogP contribution in [-0.2, 0) is 6.54 Å². The van der Waals surface area contributed by atoms with Crippen molar-refractivity contribution in [3.63, 3.8) is 0 Å². The fourth-order valence-corrected chi connectivity index (χ4v) is 2.77. The normalized spacial score (nSPS) is 22.5. The highest BCUT2D eigenvalue weighted by atomic mass is 15.3. The minimum Gasteiger partial charge on any atom is -0.355 e. The third-order valence-corrected chi connectivity index (χ3v) is 4.08. The van der Waals surface area contributed by atoms with Crippen LogP contribution < -0.4 is 10.2 Å². The highest BCUT2D eigenvalue weighted by Gasteiger charge is 2.27. The van der Waals surface area contributed by atoms with Crippen molar-refractivity contribution in [3.8, 4) is 0 Å². The third-order valence-electron chi connectivity index (χ3n) is 4.08. The Labute approximate surface area is 115 Å². The minimum atomic E-state index is 0.395. The van der Waals surface area contributed by atoms with E-state index >= 15 is 0 Å². The van der Waals surface area contributed by atoms with Gasteiger partial charge < -0.3 is 10.2 Å². The van der Waals surface area contributed by atoms with Crippen molar-refractivity contribution >= 4 is 5.82 Å². The van der Waals surface area contributed by atoms with Gasteiger partial charge in [-0.25, -0.2) is 0 Å². The van der Waals surface area contributed by atoms with E-state index in [0.717, 1.165) is 37.2 Å². The Kier molecular flexibility index (Phi) is 3.44. The van der Waals surface area contributed by atoms with Crippen molar-refractivity contribution in [3.05, 3.63) is 17.8 Å². The molecule has 1 aromatic heterocycles. The average molecular weight is 260 g/mol. The molecule has 3 rings (SSSR count). The van der Waals surface area contributed by atoms with Crippen LogP contribution in [0.5, 0.6) is 0 Å². The summed E-state index contributed by atoms with van der Waals surface area (Å²) in [5.41, 5.74) is 1.44. The second-order valence-corrected chi connectivity index (χ2v) is 6.73. The Morgan fingerprint density at radius 1 is 1.32 bits per heavy atom. The lowest BCUT2D eigenvalue weighted by Crippen LogP contribution is -2.40. The van der Waals surface area contributed by atoms with Gasteiger partial charge in [-0.1, -0.05) is 13.8 Å². The van der Waals surface area contributed by atoms with E-state index in [9.17, 15) is 0 Å². The molecule has 0 aromatic carbocycles. The summed E-state index contributed by atoms with van der Waals surface area (Å²) < 4.78 is 0. The fourth-order valence-electron chi connectivity index (χ4n) is 2.77. The highest BCUT2D eigenvalue weighted by Crippen LogP contribution is 2.30. The van der Waals surface area contributed by atoms with Gasteiger partial charge in [0.25, 0.3) is 0 Å². The van der Waals surface area contributed by atoms with Crippen LogP contribution in [0, 0.1) is 5.41 Å². The van der Waals surface area contributed by atoms with Gasteiger partial charge in [-0.3, -0.25) is 0 Å². The molecule has 4 nitrogen and oxygen atoms in total. The van der Waals surface area contributed by atoms with Crippen molar-refractivity contribution in [1.82, 2.24) is 15.5 Å². The van der Waals surface area contributed by atoms with E-state index in [2.05, 4.69) is 46.4 Å². The van der Waals surface area contributed by atoms with Gasteiger partial charge in [0.05, 0.1) is 5.69 Å². The summed E-state index contributed by atoms with van der Waals surface area (Å²) in [7, 11) is 0. The van der Waals surface area contributed by atoms with Gasteiger partial charge >= 0.3 is 0 Å². The molecule has 1 saturated heterocycles. The predicted octanol–water partition coefficient (Wildman–Crippen LogP) is 2.36. The minimum absolute atomic E-state index is 0.395. The van der Waals surface area contributed by atoms with E-state index in [0.29, 0.717) is 5.41 Å². The zero-order valence-corrected chi connectivity index (χ0v) is 12.0. The molecule has 1 aliphatic carbocycles. The average Bonchev–Trinajstić information content (AvgIpc) is 3.20. The zero-order valence-electron chi connectivity index (χ0n) is 12.0. The molecule has 0 unspecified atom stereocenters. The summed E-state index contributed by atoms with van der Waals surface area (Å²) in [5.74, 6) is 1.03. The molecule has 2 heterocycles. The van der Waals surface area contributed by atoms with E-state index < -0.39 is 0 Å². The largest absolute Gasteiger partial charge is 0.355 e. The van der Waals surface area contributed by atoms with Gasteiger partial charge in [0.2, 0.25) is 0 Å². The topological polar surface area (TPSA) is 41.0 Å². The standard InChI is InChI=1S/C15H24N4/c1-15(2)8-3-9-19(11-15)14-7-6-13(17-18-14)10-16-12-4-5-12/h6-7,12,16H,3-5,8-11H2,1-2H3. The highest BCUT2D eigenvalue weighted by molar-refractivity contribution is 5.38. The maximum absolute atomic E-state index is 4.40. The molecule has 4 heteroatoms. The first-order valence-electron chi connectivity index (χ1n) is 7.43.